The molecule has 1 N–H and O–H groups in total. The molecule has 8 nitrogen and oxygen atoms in total. The van der Waals surface area contributed by atoms with E-state index in [0.29, 0.717) is 22.1 Å². The first-order chi connectivity index (χ1) is 14.9. The molecular formula is C22H25NO7S. The molecule has 166 valence electrons. The Morgan fingerprint density at radius 3 is 2.65 bits per heavy atom. The van der Waals surface area contributed by atoms with E-state index in [9.17, 15) is 14.4 Å². The highest BCUT2D eigenvalue weighted by Gasteiger charge is 2.28. The highest BCUT2D eigenvalue weighted by Crippen LogP contribution is 2.39. The normalized spacial score (nSPS) is 12.1. The topological polar surface area (TPSA) is 100 Å². The van der Waals surface area contributed by atoms with Gasteiger partial charge < -0.3 is 24.3 Å². The van der Waals surface area contributed by atoms with E-state index in [1.807, 2.05) is 13.0 Å². The van der Waals surface area contributed by atoms with Crippen LogP contribution < -0.4 is 14.8 Å². The molecule has 1 aromatic heterocycles. The fourth-order valence-electron chi connectivity index (χ4n) is 3.29. The van der Waals surface area contributed by atoms with Gasteiger partial charge in [0.2, 0.25) is 0 Å². The molecule has 1 aromatic carbocycles. The lowest BCUT2D eigenvalue weighted by molar-refractivity contribution is -0.149. The molecule has 0 spiro atoms. The molecule has 0 fully saturated rings. The number of aryl methyl sites for hydroxylation is 2. The van der Waals surface area contributed by atoms with Crippen LogP contribution in [0.5, 0.6) is 11.5 Å². The second-order valence-corrected chi connectivity index (χ2v) is 8.04. The van der Waals surface area contributed by atoms with Gasteiger partial charge in [0.05, 0.1) is 19.3 Å². The minimum absolute atomic E-state index is 0.250. The number of fused-ring (bicyclic) bond motifs is 1. The van der Waals surface area contributed by atoms with Crippen LogP contribution >= 0.6 is 11.3 Å². The maximum absolute atomic E-state index is 12.3. The molecule has 1 aliphatic rings. The second kappa shape index (κ2) is 10.3. The van der Waals surface area contributed by atoms with Crippen LogP contribution in [-0.4, -0.2) is 44.8 Å². The van der Waals surface area contributed by atoms with Gasteiger partial charge in [0.1, 0.15) is 5.00 Å². The van der Waals surface area contributed by atoms with Crippen molar-refractivity contribution in [2.24, 2.45) is 0 Å². The molecule has 0 saturated carbocycles. The van der Waals surface area contributed by atoms with Gasteiger partial charge in [-0.05, 0) is 56.4 Å². The largest absolute Gasteiger partial charge is 0.493 e. The number of thiophene rings is 1. The molecule has 1 aliphatic carbocycles. The maximum atomic E-state index is 12.3. The fourth-order valence-corrected chi connectivity index (χ4v) is 4.59. The molecule has 0 aliphatic heterocycles. The number of hydrogen-bond donors (Lipinski definition) is 1. The van der Waals surface area contributed by atoms with Crippen LogP contribution in [0, 0.1) is 6.92 Å². The number of carbonyl (C=O) groups is 3. The van der Waals surface area contributed by atoms with E-state index in [1.165, 1.54) is 18.4 Å². The number of amides is 1. The standard InChI is InChI=1S/C22H25NO7S/c1-4-28-22(26)20-14-6-5-7-17(14)31-21(20)23-18(24)11-30-19(25)12-29-15-9-8-13(2)10-16(15)27-3/h8-10H,4-7,11-12H2,1-3H3,(H,23,24). The van der Waals surface area contributed by atoms with E-state index < -0.39 is 24.5 Å². The zero-order chi connectivity index (χ0) is 22.4. The molecule has 31 heavy (non-hydrogen) atoms. The maximum Gasteiger partial charge on any atom is 0.344 e. The number of esters is 2. The van der Waals surface area contributed by atoms with Crippen LogP contribution in [-0.2, 0) is 31.9 Å². The zero-order valence-corrected chi connectivity index (χ0v) is 18.6. The summed E-state index contributed by atoms with van der Waals surface area (Å²) in [4.78, 5) is 37.7. The van der Waals surface area contributed by atoms with Crippen molar-refractivity contribution in [3.05, 3.63) is 39.8 Å². The Morgan fingerprint density at radius 2 is 1.90 bits per heavy atom. The lowest BCUT2D eigenvalue weighted by atomic mass is 10.1. The Labute approximate surface area is 184 Å². The van der Waals surface area contributed by atoms with E-state index in [2.05, 4.69) is 5.32 Å². The third-order valence-corrected chi connectivity index (χ3v) is 5.89. The highest BCUT2D eigenvalue weighted by atomic mass is 32.1. The second-order valence-electron chi connectivity index (χ2n) is 6.93. The van der Waals surface area contributed by atoms with Crippen LogP contribution in [0.25, 0.3) is 0 Å². The van der Waals surface area contributed by atoms with Gasteiger partial charge in [-0.3, -0.25) is 4.79 Å². The Balaban J connectivity index is 1.54. The Hall–Kier alpha value is -3.07. The molecule has 3 rings (SSSR count). The number of rotatable bonds is 9. The Kier molecular flexibility index (Phi) is 7.51. The van der Waals surface area contributed by atoms with Gasteiger partial charge >= 0.3 is 11.9 Å². The third-order valence-electron chi connectivity index (χ3n) is 4.68. The first kappa shape index (κ1) is 22.6. The van der Waals surface area contributed by atoms with Crippen LogP contribution in [0.1, 0.15) is 39.7 Å². The Morgan fingerprint density at radius 1 is 1.10 bits per heavy atom. The number of carbonyl (C=O) groups excluding carboxylic acids is 3. The minimum Gasteiger partial charge on any atom is -0.493 e. The quantitative estimate of drug-likeness (QED) is 0.589. The summed E-state index contributed by atoms with van der Waals surface area (Å²) >= 11 is 1.37. The van der Waals surface area contributed by atoms with Gasteiger partial charge in [0.25, 0.3) is 5.91 Å². The van der Waals surface area contributed by atoms with Crippen molar-refractivity contribution < 1.29 is 33.3 Å². The van der Waals surface area contributed by atoms with Crippen LogP contribution in [0.15, 0.2) is 18.2 Å². The predicted molar refractivity (Wildman–Crippen MR) is 115 cm³/mol. The molecule has 2 aromatic rings. The first-order valence-electron chi connectivity index (χ1n) is 9.97. The van der Waals surface area contributed by atoms with Crippen LogP contribution in [0.2, 0.25) is 0 Å². The van der Waals surface area contributed by atoms with Gasteiger partial charge in [-0.15, -0.1) is 11.3 Å². The van der Waals surface area contributed by atoms with E-state index in [4.69, 9.17) is 18.9 Å². The summed E-state index contributed by atoms with van der Waals surface area (Å²) in [5, 5.41) is 3.11. The van der Waals surface area contributed by atoms with E-state index in [1.54, 1.807) is 19.1 Å². The molecule has 1 amide bonds. The SMILES string of the molecule is CCOC(=O)c1c(NC(=O)COC(=O)COc2ccc(C)cc2OC)sc2c1CCC2. The van der Waals surface area contributed by atoms with Crippen molar-refractivity contribution in [1.82, 2.24) is 0 Å². The average molecular weight is 448 g/mol. The molecule has 0 saturated heterocycles. The van der Waals surface area contributed by atoms with E-state index in [-0.39, 0.29) is 13.2 Å². The molecule has 0 radical (unpaired) electrons. The van der Waals surface area contributed by atoms with E-state index >= 15 is 0 Å². The summed E-state index contributed by atoms with van der Waals surface area (Å²) in [6, 6.07) is 5.31. The number of nitrogens with one attached hydrogen (secondary N) is 1. The number of ether oxygens (including phenoxy) is 4. The van der Waals surface area contributed by atoms with Gasteiger partial charge in [0, 0.05) is 4.88 Å². The van der Waals surface area contributed by atoms with Crippen molar-refractivity contribution in [2.45, 2.75) is 33.1 Å². The first-order valence-corrected chi connectivity index (χ1v) is 10.8. The summed E-state index contributed by atoms with van der Waals surface area (Å²) in [5.74, 6) is -0.775. The van der Waals surface area contributed by atoms with E-state index in [0.717, 1.165) is 35.3 Å². The molecule has 9 heteroatoms. The monoisotopic (exact) mass is 447 g/mol. The summed E-state index contributed by atoms with van der Waals surface area (Å²) in [7, 11) is 1.51. The van der Waals surface area contributed by atoms with Crippen LogP contribution in [0.4, 0.5) is 5.00 Å². The molecule has 0 unspecified atom stereocenters. The van der Waals surface area contributed by atoms with Gasteiger partial charge in [-0.25, -0.2) is 9.59 Å². The number of methoxy groups -OCH3 is 1. The van der Waals surface area contributed by atoms with Gasteiger partial charge in [0.15, 0.2) is 24.7 Å². The minimum atomic E-state index is -0.697. The smallest absolute Gasteiger partial charge is 0.344 e. The van der Waals surface area contributed by atoms with Crippen molar-refractivity contribution >= 4 is 34.2 Å². The van der Waals surface area contributed by atoms with Gasteiger partial charge in [-0.2, -0.15) is 0 Å². The lowest BCUT2D eigenvalue weighted by Crippen LogP contribution is -2.24. The molecule has 0 bridgehead atoms. The molecule has 1 heterocycles. The summed E-state index contributed by atoms with van der Waals surface area (Å²) < 4.78 is 20.8. The summed E-state index contributed by atoms with van der Waals surface area (Å²) in [6.45, 7) is 3.04. The van der Waals surface area contributed by atoms with Crippen molar-refractivity contribution in [3.8, 4) is 11.5 Å². The number of anilines is 1. The van der Waals surface area contributed by atoms with Crippen LogP contribution in [0.3, 0.4) is 0 Å². The fraction of sp³-hybridized carbons (Fsp3) is 0.409. The third kappa shape index (κ3) is 5.55. The molecule has 0 atom stereocenters. The number of hydrogen-bond acceptors (Lipinski definition) is 8. The average Bonchev–Trinajstić information content (AvgIpc) is 3.32. The summed E-state index contributed by atoms with van der Waals surface area (Å²) in [5.41, 5.74) is 2.34. The van der Waals surface area contributed by atoms with Crippen molar-refractivity contribution in [2.75, 3.05) is 32.2 Å². The highest BCUT2D eigenvalue weighted by molar-refractivity contribution is 7.17. The zero-order valence-electron chi connectivity index (χ0n) is 17.7. The van der Waals surface area contributed by atoms with Crippen molar-refractivity contribution in [1.29, 1.82) is 0 Å². The van der Waals surface area contributed by atoms with Crippen molar-refractivity contribution in [3.63, 3.8) is 0 Å². The lowest BCUT2D eigenvalue weighted by Gasteiger charge is -2.11. The van der Waals surface area contributed by atoms with Gasteiger partial charge in [-0.1, -0.05) is 6.07 Å². The Bertz CT molecular complexity index is 982. The molecular weight excluding hydrogens is 422 g/mol. The predicted octanol–water partition coefficient (Wildman–Crippen LogP) is 3.29. The number of benzene rings is 1. The summed E-state index contributed by atoms with van der Waals surface area (Å²) in [6.07, 6.45) is 2.63.